The second-order valence-electron chi connectivity index (χ2n) is 5.79. The topological polar surface area (TPSA) is 43.8 Å². The van der Waals surface area contributed by atoms with Crippen LogP contribution in [0, 0.1) is 12.7 Å². The molecule has 2 aromatic rings. The molecule has 1 heterocycles. The van der Waals surface area contributed by atoms with Crippen molar-refractivity contribution < 1.29 is 4.39 Å². The maximum absolute atomic E-state index is 13.7. The first-order chi connectivity index (χ1) is 9.32. The molecule has 1 aromatic heterocycles. The standard InChI is InChI=1S/C16H22FN3/c1-9(2)16-19-14(15(18)20(16)10(3)4)12-7-6-11(5)13(17)8-12/h6-10H,18H2,1-5H3. The maximum Gasteiger partial charge on any atom is 0.131 e. The van der Waals surface area contributed by atoms with Crippen molar-refractivity contribution in [2.24, 2.45) is 0 Å². The third-order valence-corrected chi connectivity index (χ3v) is 3.45. The molecular formula is C16H22FN3. The Morgan fingerprint density at radius 1 is 1.20 bits per heavy atom. The highest BCUT2D eigenvalue weighted by molar-refractivity contribution is 5.71. The fraction of sp³-hybridized carbons (Fsp3) is 0.438. The Labute approximate surface area is 119 Å². The van der Waals surface area contributed by atoms with Crippen molar-refractivity contribution in [3.8, 4) is 11.3 Å². The summed E-state index contributed by atoms with van der Waals surface area (Å²) < 4.78 is 15.8. The molecule has 0 saturated heterocycles. The Hall–Kier alpha value is -1.84. The van der Waals surface area contributed by atoms with Gasteiger partial charge < -0.3 is 10.3 Å². The first kappa shape index (κ1) is 14.6. The lowest BCUT2D eigenvalue weighted by atomic mass is 10.1. The van der Waals surface area contributed by atoms with Crippen LogP contribution in [-0.2, 0) is 0 Å². The molecule has 0 atom stereocenters. The van der Waals surface area contributed by atoms with Crippen molar-refractivity contribution in [2.45, 2.75) is 46.6 Å². The molecule has 0 bridgehead atoms. The number of nitrogens with two attached hydrogens (primary N) is 1. The molecule has 1 aromatic carbocycles. The molecular weight excluding hydrogens is 253 g/mol. The van der Waals surface area contributed by atoms with Crippen LogP contribution in [-0.4, -0.2) is 9.55 Å². The summed E-state index contributed by atoms with van der Waals surface area (Å²) in [6.07, 6.45) is 0. The summed E-state index contributed by atoms with van der Waals surface area (Å²) in [5.41, 5.74) is 8.26. The predicted octanol–water partition coefficient (Wildman–Crippen LogP) is 4.28. The highest BCUT2D eigenvalue weighted by Gasteiger charge is 2.20. The molecule has 0 aliphatic rings. The van der Waals surface area contributed by atoms with E-state index in [4.69, 9.17) is 5.73 Å². The molecule has 0 saturated carbocycles. The quantitative estimate of drug-likeness (QED) is 0.908. The number of aromatic nitrogens is 2. The van der Waals surface area contributed by atoms with E-state index in [1.807, 2.05) is 10.6 Å². The van der Waals surface area contributed by atoms with Gasteiger partial charge in [0, 0.05) is 17.5 Å². The number of aryl methyl sites for hydroxylation is 1. The van der Waals surface area contributed by atoms with Gasteiger partial charge in [-0.05, 0) is 32.4 Å². The number of hydrogen-bond donors (Lipinski definition) is 1. The third-order valence-electron chi connectivity index (χ3n) is 3.45. The van der Waals surface area contributed by atoms with Crippen molar-refractivity contribution in [2.75, 3.05) is 5.73 Å². The molecule has 0 unspecified atom stereocenters. The Bertz CT molecular complexity index is 627. The van der Waals surface area contributed by atoms with Gasteiger partial charge >= 0.3 is 0 Å². The summed E-state index contributed by atoms with van der Waals surface area (Å²) in [6, 6.07) is 5.35. The van der Waals surface area contributed by atoms with Gasteiger partial charge in [0.1, 0.15) is 23.2 Å². The Kier molecular flexibility index (Phi) is 3.84. The van der Waals surface area contributed by atoms with Gasteiger partial charge in [0.25, 0.3) is 0 Å². The summed E-state index contributed by atoms with van der Waals surface area (Å²) in [5, 5.41) is 0. The van der Waals surface area contributed by atoms with Crippen LogP contribution >= 0.6 is 0 Å². The number of anilines is 1. The third kappa shape index (κ3) is 2.42. The van der Waals surface area contributed by atoms with Gasteiger partial charge in [-0.15, -0.1) is 0 Å². The van der Waals surface area contributed by atoms with Crippen LogP contribution in [0.25, 0.3) is 11.3 Å². The van der Waals surface area contributed by atoms with Gasteiger partial charge in [-0.3, -0.25) is 0 Å². The van der Waals surface area contributed by atoms with Gasteiger partial charge in [-0.2, -0.15) is 0 Å². The number of imidazole rings is 1. The number of nitrogens with zero attached hydrogens (tertiary/aromatic N) is 2. The zero-order chi connectivity index (χ0) is 15.0. The summed E-state index contributed by atoms with van der Waals surface area (Å²) >= 11 is 0. The molecule has 4 heteroatoms. The summed E-state index contributed by atoms with van der Waals surface area (Å²) in [4.78, 5) is 4.64. The molecule has 0 spiro atoms. The van der Waals surface area contributed by atoms with Gasteiger partial charge in [0.05, 0.1) is 0 Å². The molecule has 0 aliphatic heterocycles. The SMILES string of the molecule is Cc1ccc(-c2nc(C(C)C)n(C(C)C)c2N)cc1F. The van der Waals surface area contributed by atoms with Crippen LogP contribution in [0.15, 0.2) is 18.2 Å². The molecule has 0 fully saturated rings. The molecule has 2 rings (SSSR count). The van der Waals surface area contributed by atoms with Crippen LogP contribution in [0.5, 0.6) is 0 Å². The van der Waals surface area contributed by atoms with Crippen LogP contribution in [0.1, 0.15) is 51.0 Å². The van der Waals surface area contributed by atoms with Crippen LogP contribution in [0.2, 0.25) is 0 Å². The molecule has 20 heavy (non-hydrogen) atoms. The van der Waals surface area contributed by atoms with E-state index >= 15 is 0 Å². The molecule has 2 N–H and O–H groups in total. The van der Waals surface area contributed by atoms with Gasteiger partial charge in [-0.1, -0.05) is 26.0 Å². The minimum Gasteiger partial charge on any atom is -0.383 e. The lowest BCUT2D eigenvalue weighted by Gasteiger charge is -2.15. The van der Waals surface area contributed by atoms with E-state index in [0.29, 0.717) is 17.1 Å². The van der Waals surface area contributed by atoms with Crippen molar-refractivity contribution in [1.29, 1.82) is 0 Å². The van der Waals surface area contributed by atoms with Crippen molar-refractivity contribution in [3.05, 3.63) is 35.4 Å². The highest BCUT2D eigenvalue weighted by Crippen LogP contribution is 2.32. The molecule has 3 nitrogen and oxygen atoms in total. The summed E-state index contributed by atoms with van der Waals surface area (Å²) in [7, 11) is 0. The van der Waals surface area contributed by atoms with Gasteiger partial charge in [-0.25, -0.2) is 9.37 Å². The molecule has 0 amide bonds. The first-order valence-corrected chi connectivity index (χ1v) is 6.97. The van der Waals surface area contributed by atoms with E-state index in [-0.39, 0.29) is 17.8 Å². The van der Waals surface area contributed by atoms with E-state index in [9.17, 15) is 4.39 Å². The predicted molar refractivity (Wildman–Crippen MR) is 81.2 cm³/mol. The van der Waals surface area contributed by atoms with Crippen LogP contribution < -0.4 is 5.73 Å². The molecule has 0 radical (unpaired) electrons. The van der Waals surface area contributed by atoms with Gasteiger partial charge in [0.2, 0.25) is 0 Å². The minimum absolute atomic E-state index is 0.226. The number of rotatable bonds is 3. The van der Waals surface area contributed by atoms with Crippen molar-refractivity contribution in [1.82, 2.24) is 9.55 Å². The number of halogens is 1. The van der Waals surface area contributed by atoms with E-state index in [0.717, 1.165) is 11.4 Å². The zero-order valence-electron chi connectivity index (χ0n) is 12.7. The lowest BCUT2D eigenvalue weighted by molar-refractivity contribution is 0.556. The van der Waals surface area contributed by atoms with E-state index in [1.165, 1.54) is 6.07 Å². The number of hydrogen-bond acceptors (Lipinski definition) is 2. The lowest BCUT2D eigenvalue weighted by Crippen LogP contribution is -2.10. The van der Waals surface area contributed by atoms with E-state index in [1.54, 1.807) is 13.0 Å². The monoisotopic (exact) mass is 275 g/mol. The maximum atomic E-state index is 13.7. The van der Waals surface area contributed by atoms with Crippen molar-refractivity contribution >= 4 is 5.82 Å². The minimum atomic E-state index is -0.230. The fourth-order valence-corrected chi connectivity index (χ4v) is 2.37. The smallest absolute Gasteiger partial charge is 0.131 e. The largest absolute Gasteiger partial charge is 0.383 e. The second-order valence-corrected chi connectivity index (χ2v) is 5.79. The first-order valence-electron chi connectivity index (χ1n) is 6.97. The van der Waals surface area contributed by atoms with Crippen LogP contribution in [0.4, 0.5) is 10.2 Å². The zero-order valence-corrected chi connectivity index (χ0v) is 12.7. The summed E-state index contributed by atoms with van der Waals surface area (Å²) in [6.45, 7) is 10.1. The van der Waals surface area contributed by atoms with Crippen LogP contribution in [0.3, 0.4) is 0 Å². The Morgan fingerprint density at radius 3 is 2.30 bits per heavy atom. The Morgan fingerprint density at radius 2 is 1.85 bits per heavy atom. The normalized spacial score (nSPS) is 11.6. The molecule has 0 aliphatic carbocycles. The Balaban J connectivity index is 2.63. The van der Waals surface area contributed by atoms with E-state index in [2.05, 4.69) is 32.7 Å². The fourth-order valence-electron chi connectivity index (χ4n) is 2.37. The number of benzene rings is 1. The average molecular weight is 275 g/mol. The van der Waals surface area contributed by atoms with Crippen molar-refractivity contribution in [3.63, 3.8) is 0 Å². The average Bonchev–Trinajstić information content (AvgIpc) is 2.71. The number of nitrogen functional groups attached to an aromatic ring is 1. The second kappa shape index (κ2) is 5.27. The van der Waals surface area contributed by atoms with E-state index < -0.39 is 0 Å². The summed E-state index contributed by atoms with van der Waals surface area (Å²) in [5.74, 6) is 1.58. The molecule has 108 valence electrons. The highest BCUT2D eigenvalue weighted by atomic mass is 19.1. The van der Waals surface area contributed by atoms with Gasteiger partial charge in [0.15, 0.2) is 0 Å².